The van der Waals surface area contributed by atoms with Crippen molar-refractivity contribution in [3.8, 4) is 0 Å². The van der Waals surface area contributed by atoms with Gasteiger partial charge in [-0.1, -0.05) is 0 Å². The second-order valence-electron chi connectivity index (χ2n) is 8.06. The van der Waals surface area contributed by atoms with Crippen LogP contribution in [-0.2, 0) is 14.3 Å². The minimum atomic E-state index is -0.433. The molecule has 0 spiro atoms. The van der Waals surface area contributed by atoms with Gasteiger partial charge in [0.1, 0.15) is 0 Å². The van der Waals surface area contributed by atoms with E-state index >= 15 is 0 Å². The number of hydrogen-bond donors (Lipinski definition) is 3. The SMILES string of the molecule is CC(=O)c1ccc(NC(=O)[C@H](C)[NH+](C)CC(=O)Nc2ccc(N3CCOCC3)cc2)cc1. The van der Waals surface area contributed by atoms with Crippen molar-refractivity contribution in [1.29, 1.82) is 0 Å². The predicted molar refractivity (Wildman–Crippen MR) is 124 cm³/mol. The predicted octanol–water partition coefficient (Wildman–Crippen LogP) is 1.21. The van der Waals surface area contributed by atoms with E-state index in [1.807, 2.05) is 31.3 Å². The van der Waals surface area contributed by atoms with Crippen molar-refractivity contribution in [2.24, 2.45) is 0 Å². The van der Waals surface area contributed by atoms with Gasteiger partial charge in [0.05, 0.1) is 20.3 Å². The van der Waals surface area contributed by atoms with Crippen molar-refractivity contribution in [2.45, 2.75) is 19.9 Å². The number of likely N-dealkylation sites (N-methyl/N-ethyl adjacent to an activating group) is 1. The minimum Gasteiger partial charge on any atom is -0.378 e. The van der Waals surface area contributed by atoms with Gasteiger partial charge in [0, 0.05) is 35.7 Å². The molecule has 3 N–H and O–H groups in total. The third-order valence-electron chi connectivity index (χ3n) is 5.66. The number of Topliss-reactive ketones (excluding diaryl/α,β-unsaturated/α-hetero) is 1. The Bertz CT molecular complexity index is 937. The van der Waals surface area contributed by atoms with Crippen LogP contribution >= 0.6 is 0 Å². The van der Waals surface area contributed by atoms with Gasteiger partial charge in [0.2, 0.25) is 0 Å². The Morgan fingerprint density at radius 2 is 1.53 bits per heavy atom. The van der Waals surface area contributed by atoms with Gasteiger partial charge in [-0.15, -0.1) is 0 Å². The van der Waals surface area contributed by atoms with Crippen LogP contribution in [0.4, 0.5) is 17.1 Å². The molecule has 0 bridgehead atoms. The third kappa shape index (κ3) is 6.38. The largest absolute Gasteiger partial charge is 0.378 e. The normalized spacial score (nSPS) is 15.5. The van der Waals surface area contributed by atoms with E-state index in [1.54, 1.807) is 31.2 Å². The lowest BCUT2D eigenvalue weighted by atomic mass is 10.1. The van der Waals surface area contributed by atoms with E-state index < -0.39 is 6.04 Å². The second-order valence-corrected chi connectivity index (χ2v) is 8.06. The van der Waals surface area contributed by atoms with Crippen LogP contribution in [0.25, 0.3) is 0 Å². The highest BCUT2D eigenvalue weighted by atomic mass is 16.5. The van der Waals surface area contributed by atoms with Crippen molar-refractivity contribution in [2.75, 3.05) is 55.4 Å². The van der Waals surface area contributed by atoms with Crippen LogP contribution in [0.3, 0.4) is 0 Å². The Morgan fingerprint density at radius 3 is 2.12 bits per heavy atom. The number of carbonyl (C=O) groups is 3. The Morgan fingerprint density at radius 1 is 0.969 bits per heavy atom. The Balaban J connectivity index is 1.48. The van der Waals surface area contributed by atoms with Crippen molar-refractivity contribution in [3.05, 3.63) is 54.1 Å². The second kappa shape index (κ2) is 10.9. The molecule has 2 atom stereocenters. The molecule has 2 aromatic carbocycles. The summed E-state index contributed by atoms with van der Waals surface area (Å²) in [5.74, 6) is -0.380. The molecule has 2 aromatic rings. The molecular weight excluding hydrogens is 408 g/mol. The van der Waals surface area contributed by atoms with Gasteiger partial charge >= 0.3 is 0 Å². The zero-order valence-electron chi connectivity index (χ0n) is 18.8. The molecule has 2 amide bonds. The van der Waals surface area contributed by atoms with Gasteiger partial charge in [-0.25, -0.2) is 0 Å². The van der Waals surface area contributed by atoms with Crippen LogP contribution in [0.15, 0.2) is 48.5 Å². The number of nitrogens with zero attached hydrogens (tertiary/aromatic N) is 1. The van der Waals surface area contributed by atoms with Gasteiger partial charge in [-0.2, -0.15) is 0 Å². The first kappa shape index (κ1) is 23.4. The molecule has 0 aliphatic carbocycles. The maximum Gasteiger partial charge on any atom is 0.282 e. The van der Waals surface area contributed by atoms with E-state index in [1.165, 1.54) is 6.92 Å². The number of anilines is 3. The van der Waals surface area contributed by atoms with Crippen molar-refractivity contribution in [3.63, 3.8) is 0 Å². The van der Waals surface area contributed by atoms with Gasteiger partial charge < -0.3 is 25.2 Å². The maximum absolute atomic E-state index is 12.6. The van der Waals surface area contributed by atoms with Crippen LogP contribution in [0.2, 0.25) is 0 Å². The fourth-order valence-electron chi connectivity index (χ4n) is 3.45. The average molecular weight is 440 g/mol. The molecule has 0 aromatic heterocycles. The molecule has 1 heterocycles. The third-order valence-corrected chi connectivity index (χ3v) is 5.66. The number of ether oxygens (including phenoxy) is 1. The Hall–Kier alpha value is -3.23. The van der Waals surface area contributed by atoms with E-state index in [4.69, 9.17) is 4.74 Å². The Labute approximate surface area is 188 Å². The molecule has 3 rings (SSSR count). The number of rotatable bonds is 8. The monoisotopic (exact) mass is 439 g/mol. The van der Waals surface area contributed by atoms with Crippen molar-refractivity contribution in [1.82, 2.24) is 0 Å². The molecule has 1 fully saturated rings. The zero-order valence-corrected chi connectivity index (χ0v) is 18.8. The highest BCUT2D eigenvalue weighted by molar-refractivity contribution is 5.97. The summed E-state index contributed by atoms with van der Waals surface area (Å²) < 4.78 is 5.38. The summed E-state index contributed by atoms with van der Waals surface area (Å²) in [7, 11) is 1.81. The van der Waals surface area contributed by atoms with E-state index in [2.05, 4.69) is 15.5 Å². The lowest BCUT2D eigenvalue weighted by molar-refractivity contribution is -0.885. The number of ketones is 1. The van der Waals surface area contributed by atoms with Crippen LogP contribution in [0.1, 0.15) is 24.2 Å². The van der Waals surface area contributed by atoms with Crippen molar-refractivity contribution >= 4 is 34.7 Å². The molecule has 0 radical (unpaired) electrons. The standard InChI is InChI=1S/C24H30N4O4/c1-17(24(31)26-21-6-4-19(5-7-21)18(2)29)27(3)16-23(30)25-20-8-10-22(11-9-20)28-12-14-32-15-13-28/h4-11,17H,12-16H2,1-3H3,(H,25,30)(H,26,31)/p+1/t17-/m0/s1. The number of hydrogen-bond acceptors (Lipinski definition) is 5. The molecule has 1 saturated heterocycles. The van der Waals surface area contributed by atoms with Gasteiger partial charge in [-0.3, -0.25) is 14.4 Å². The zero-order chi connectivity index (χ0) is 23.1. The molecular formula is C24H31N4O4+. The topological polar surface area (TPSA) is 92.2 Å². The summed E-state index contributed by atoms with van der Waals surface area (Å²) >= 11 is 0. The van der Waals surface area contributed by atoms with Crippen LogP contribution in [-0.4, -0.2) is 63.5 Å². The molecule has 32 heavy (non-hydrogen) atoms. The van der Waals surface area contributed by atoms with E-state index in [0.717, 1.165) is 42.6 Å². The van der Waals surface area contributed by atoms with E-state index in [9.17, 15) is 14.4 Å². The summed E-state index contributed by atoms with van der Waals surface area (Å²) in [5, 5.41) is 5.73. The lowest BCUT2D eigenvalue weighted by Gasteiger charge is -2.28. The molecule has 1 unspecified atom stereocenters. The highest BCUT2D eigenvalue weighted by Crippen LogP contribution is 2.19. The maximum atomic E-state index is 12.6. The van der Waals surface area contributed by atoms with Crippen LogP contribution < -0.4 is 20.4 Å². The number of benzene rings is 2. The number of nitrogens with one attached hydrogen (secondary N) is 3. The summed E-state index contributed by atoms with van der Waals surface area (Å²) in [6.45, 7) is 6.60. The first-order chi connectivity index (χ1) is 15.3. The molecule has 1 aliphatic heterocycles. The first-order valence-electron chi connectivity index (χ1n) is 10.8. The Kier molecular flexibility index (Phi) is 7.97. The minimum absolute atomic E-state index is 0.0258. The summed E-state index contributed by atoms with van der Waals surface area (Å²) in [6.07, 6.45) is 0. The van der Waals surface area contributed by atoms with Gasteiger partial charge in [0.15, 0.2) is 18.4 Å². The van der Waals surface area contributed by atoms with Crippen LogP contribution in [0.5, 0.6) is 0 Å². The average Bonchev–Trinajstić information content (AvgIpc) is 2.79. The number of morpholine rings is 1. The van der Waals surface area contributed by atoms with Crippen LogP contribution in [0, 0.1) is 0 Å². The van der Waals surface area contributed by atoms with Gasteiger partial charge in [0.25, 0.3) is 11.8 Å². The first-order valence-corrected chi connectivity index (χ1v) is 10.8. The quantitative estimate of drug-likeness (QED) is 0.538. The summed E-state index contributed by atoms with van der Waals surface area (Å²) in [4.78, 5) is 39.4. The van der Waals surface area contributed by atoms with Gasteiger partial charge in [-0.05, 0) is 62.4 Å². The van der Waals surface area contributed by atoms with E-state index in [-0.39, 0.29) is 24.1 Å². The fraction of sp³-hybridized carbons (Fsp3) is 0.375. The summed E-state index contributed by atoms with van der Waals surface area (Å²) in [5.41, 5.74) is 3.04. The summed E-state index contributed by atoms with van der Waals surface area (Å²) in [6, 6.07) is 14.1. The molecule has 8 heteroatoms. The molecule has 8 nitrogen and oxygen atoms in total. The molecule has 0 saturated carbocycles. The van der Waals surface area contributed by atoms with Crippen molar-refractivity contribution < 1.29 is 24.0 Å². The molecule has 170 valence electrons. The number of carbonyl (C=O) groups excluding carboxylic acids is 3. The van der Waals surface area contributed by atoms with E-state index in [0.29, 0.717) is 11.3 Å². The fourth-order valence-corrected chi connectivity index (χ4v) is 3.45. The number of quaternary nitrogens is 1. The highest BCUT2D eigenvalue weighted by Gasteiger charge is 2.24. The smallest absolute Gasteiger partial charge is 0.282 e. The number of amides is 2. The lowest BCUT2D eigenvalue weighted by Crippen LogP contribution is -3.14. The molecule has 1 aliphatic rings.